The molecule has 0 fully saturated rings. The van der Waals surface area contributed by atoms with E-state index in [2.05, 4.69) is 20.1 Å². The van der Waals surface area contributed by atoms with Crippen molar-refractivity contribution in [1.29, 1.82) is 0 Å². The van der Waals surface area contributed by atoms with Gasteiger partial charge in [-0.3, -0.25) is 10.1 Å². The van der Waals surface area contributed by atoms with Crippen LogP contribution < -0.4 is 5.69 Å². The summed E-state index contributed by atoms with van der Waals surface area (Å²) in [6.07, 6.45) is 0. The fourth-order valence-electron chi connectivity index (χ4n) is 1.58. The topological polar surface area (TPSA) is 78.8 Å². The van der Waals surface area contributed by atoms with Crippen LogP contribution in [-0.2, 0) is 0 Å². The molecule has 0 aliphatic heterocycles. The van der Waals surface area contributed by atoms with Gasteiger partial charge in [-0.05, 0) is 24.4 Å². The first-order chi connectivity index (χ1) is 8.63. The molecule has 0 amide bonds. The standard InChI is InChI=1S/C10H6ClN5OS/c11-6-3-1-2-5(4-6)7-12-8-13-9(18)14-10(17)16(8)15-7/h1-4H,(H2,12,13,14,15,17,18). The largest absolute Gasteiger partial charge is 0.349 e. The molecule has 8 heteroatoms. The average Bonchev–Trinajstić information content (AvgIpc) is 2.73. The Morgan fingerprint density at radius 1 is 1.33 bits per heavy atom. The number of nitrogens with zero attached hydrogens (tertiary/aromatic N) is 3. The maximum absolute atomic E-state index is 11.6. The molecule has 2 heterocycles. The molecular weight excluding hydrogens is 274 g/mol. The first-order valence-corrected chi connectivity index (χ1v) is 5.77. The predicted octanol–water partition coefficient (Wildman–Crippen LogP) is 1.80. The van der Waals surface area contributed by atoms with Gasteiger partial charge in [-0.1, -0.05) is 23.7 Å². The lowest BCUT2D eigenvalue weighted by Gasteiger charge is -1.95. The molecule has 90 valence electrons. The van der Waals surface area contributed by atoms with Crippen molar-refractivity contribution in [3.8, 4) is 11.4 Å². The van der Waals surface area contributed by atoms with Crippen LogP contribution in [0.25, 0.3) is 17.2 Å². The molecule has 3 rings (SSSR count). The minimum atomic E-state index is -0.411. The number of aromatic amines is 2. The highest BCUT2D eigenvalue weighted by atomic mass is 35.5. The summed E-state index contributed by atoms with van der Waals surface area (Å²) in [4.78, 5) is 22.2. The molecule has 2 aromatic heterocycles. The van der Waals surface area contributed by atoms with Crippen LogP contribution in [0.2, 0.25) is 5.02 Å². The predicted molar refractivity (Wildman–Crippen MR) is 69.2 cm³/mol. The molecule has 0 saturated carbocycles. The summed E-state index contributed by atoms with van der Waals surface area (Å²) >= 11 is 10.7. The highest BCUT2D eigenvalue weighted by molar-refractivity contribution is 7.71. The second-order valence-corrected chi connectivity index (χ2v) is 4.39. The minimum Gasteiger partial charge on any atom is -0.281 e. The van der Waals surface area contributed by atoms with E-state index in [1.807, 2.05) is 6.07 Å². The Kier molecular flexibility index (Phi) is 2.49. The zero-order valence-corrected chi connectivity index (χ0v) is 10.4. The zero-order valence-electron chi connectivity index (χ0n) is 8.85. The van der Waals surface area contributed by atoms with Gasteiger partial charge >= 0.3 is 5.69 Å². The van der Waals surface area contributed by atoms with Crippen LogP contribution >= 0.6 is 23.8 Å². The Balaban J connectivity index is 2.29. The molecule has 1 aromatic carbocycles. The quantitative estimate of drug-likeness (QED) is 0.666. The van der Waals surface area contributed by atoms with Crippen molar-refractivity contribution in [2.24, 2.45) is 0 Å². The molecule has 6 nitrogen and oxygen atoms in total. The molecule has 0 atom stereocenters. The summed E-state index contributed by atoms with van der Waals surface area (Å²) in [7, 11) is 0. The van der Waals surface area contributed by atoms with Gasteiger partial charge in [0.05, 0.1) is 0 Å². The van der Waals surface area contributed by atoms with Crippen molar-refractivity contribution in [3.63, 3.8) is 0 Å². The third kappa shape index (κ3) is 1.83. The van der Waals surface area contributed by atoms with E-state index in [1.165, 1.54) is 4.52 Å². The Hall–Kier alpha value is -1.99. The van der Waals surface area contributed by atoms with E-state index in [4.69, 9.17) is 23.8 Å². The van der Waals surface area contributed by atoms with E-state index in [0.29, 0.717) is 10.8 Å². The monoisotopic (exact) mass is 279 g/mol. The van der Waals surface area contributed by atoms with E-state index in [-0.39, 0.29) is 10.5 Å². The molecule has 0 unspecified atom stereocenters. The number of fused-ring (bicyclic) bond motifs is 1. The number of rotatable bonds is 1. The smallest absolute Gasteiger partial charge is 0.281 e. The number of benzene rings is 1. The normalized spacial score (nSPS) is 10.9. The van der Waals surface area contributed by atoms with Crippen molar-refractivity contribution in [2.45, 2.75) is 0 Å². The van der Waals surface area contributed by atoms with Crippen LogP contribution in [0.5, 0.6) is 0 Å². The van der Waals surface area contributed by atoms with Gasteiger partial charge in [0.25, 0.3) is 5.78 Å². The third-order valence-electron chi connectivity index (χ3n) is 2.35. The molecule has 18 heavy (non-hydrogen) atoms. The zero-order chi connectivity index (χ0) is 12.7. The number of hydrogen-bond acceptors (Lipinski definition) is 4. The van der Waals surface area contributed by atoms with Crippen LogP contribution in [0.3, 0.4) is 0 Å². The molecule has 0 aliphatic carbocycles. The lowest BCUT2D eigenvalue weighted by atomic mass is 10.2. The Bertz CT molecular complexity index is 849. The van der Waals surface area contributed by atoms with Gasteiger partial charge in [0, 0.05) is 10.6 Å². The lowest BCUT2D eigenvalue weighted by Crippen LogP contribution is -2.18. The van der Waals surface area contributed by atoms with Gasteiger partial charge < -0.3 is 0 Å². The maximum Gasteiger partial charge on any atom is 0.349 e. The van der Waals surface area contributed by atoms with Gasteiger partial charge in [0.2, 0.25) is 4.77 Å². The van der Waals surface area contributed by atoms with E-state index in [1.54, 1.807) is 18.2 Å². The number of nitrogens with one attached hydrogen (secondary N) is 2. The Morgan fingerprint density at radius 3 is 2.94 bits per heavy atom. The second-order valence-electron chi connectivity index (χ2n) is 3.57. The lowest BCUT2D eigenvalue weighted by molar-refractivity contribution is 0.834. The number of H-pyrrole nitrogens is 2. The van der Waals surface area contributed by atoms with Gasteiger partial charge in [-0.2, -0.15) is 14.5 Å². The van der Waals surface area contributed by atoms with Crippen LogP contribution in [-0.4, -0.2) is 24.6 Å². The highest BCUT2D eigenvalue weighted by Crippen LogP contribution is 2.19. The van der Waals surface area contributed by atoms with Crippen molar-refractivity contribution in [3.05, 3.63) is 44.5 Å². The fraction of sp³-hybridized carbons (Fsp3) is 0. The molecule has 0 spiro atoms. The van der Waals surface area contributed by atoms with Crippen molar-refractivity contribution < 1.29 is 0 Å². The SMILES string of the molecule is O=c1[nH]c(=S)nc2nc(-c3cccc(Cl)c3)[nH]n12. The maximum atomic E-state index is 11.6. The van der Waals surface area contributed by atoms with Crippen molar-refractivity contribution in [2.75, 3.05) is 0 Å². The van der Waals surface area contributed by atoms with Gasteiger partial charge in [-0.15, -0.1) is 0 Å². The van der Waals surface area contributed by atoms with E-state index >= 15 is 0 Å². The number of aromatic nitrogens is 5. The van der Waals surface area contributed by atoms with Gasteiger partial charge in [-0.25, -0.2) is 4.79 Å². The summed E-state index contributed by atoms with van der Waals surface area (Å²) in [6.45, 7) is 0. The Labute approximate surface area is 110 Å². The summed E-state index contributed by atoms with van der Waals surface area (Å²) in [5.74, 6) is 0.717. The molecule has 2 N–H and O–H groups in total. The molecule has 0 bridgehead atoms. The van der Waals surface area contributed by atoms with Gasteiger partial charge in [0.1, 0.15) is 0 Å². The van der Waals surface area contributed by atoms with Crippen LogP contribution in [0.4, 0.5) is 0 Å². The molecule has 3 aromatic rings. The first-order valence-electron chi connectivity index (χ1n) is 4.98. The van der Waals surface area contributed by atoms with E-state index < -0.39 is 5.69 Å². The first kappa shape index (κ1) is 11.1. The van der Waals surface area contributed by atoms with Crippen LogP contribution in [0.1, 0.15) is 0 Å². The number of hydrogen-bond donors (Lipinski definition) is 2. The van der Waals surface area contributed by atoms with Gasteiger partial charge in [0.15, 0.2) is 5.82 Å². The third-order valence-corrected chi connectivity index (χ3v) is 2.77. The summed E-state index contributed by atoms with van der Waals surface area (Å²) in [5.41, 5.74) is 0.351. The Morgan fingerprint density at radius 2 is 2.17 bits per heavy atom. The second kappa shape index (κ2) is 4.04. The molecular formula is C10H6ClN5OS. The summed E-state index contributed by atoms with van der Waals surface area (Å²) in [5, 5.41) is 3.42. The molecule has 0 aliphatic rings. The van der Waals surface area contributed by atoms with E-state index in [0.717, 1.165) is 5.56 Å². The van der Waals surface area contributed by atoms with Crippen LogP contribution in [0.15, 0.2) is 29.1 Å². The summed E-state index contributed by atoms with van der Waals surface area (Å²) in [6, 6.07) is 7.12. The molecule has 0 saturated heterocycles. The summed E-state index contributed by atoms with van der Waals surface area (Å²) < 4.78 is 1.29. The van der Waals surface area contributed by atoms with Crippen molar-refractivity contribution >= 4 is 29.6 Å². The van der Waals surface area contributed by atoms with Crippen molar-refractivity contribution in [1.82, 2.24) is 24.6 Å². The number of halogens is 1. The fourth-order valence-corrected chi connectivity index (χ4v) is 1.94. The highest BCUT2D eigenvalue weighted by Gasteiger charge is 2.07. The minimum absolute atomic E-state index is 0.101. The van der Waals surface area contributed by atoms with E-state index in [9.17, 15) is 4.79 Å². The van der Waals surface area contributed by atoms with Crippen LogP contribution in [0, 0.1) is 4.77 Å². The molecule has 0 radical (unpaired) electrons. The average molecular weight is 280 g/mol.